The predicted molar refractivity (Wildman–Crippen MR) is 76.4 cm³/mol. The lowest BCUT2D eigenvalue weighted by Gasteiger charge is -2.35. The summed E-state index contributed by atoms with van der Waals surface area (Å²) in [5, 5.41) is 9.49. The van der Waals surface area contributed by atoms with E-state index in [2.05, 4.69) is 0 Å². The minimum Gasteiger partial charge on any atom is -0.480 e. The first kappa shape index (κ1) is 12.9. The van der Waals surface area contributed by atoms with E-state index in [1.54, 1.807) is 4.90 Å². The number of carbonyl (C=O) groups excluding carboxylic acids is 1. The number of carboxylic acids is 1. The van der Waals surface area contributed by atoms with Gasteiger partial charge in [0.15, 0.2) is 0 Å². The van der Waals surface area contributed by atoms with Crippen molar-refractivity contribution < 1.29 is 14.7 Å². The number of benzene rings is 1. The summed E-state index contributed by atoms with van der Waals surface area (Å²) in [5.41, 5.74) is 2.15. The van der Waals surface area contributed by atoms with Gasteiger partial charge in [-0.15, -0.1) is 0 Å². The van der Waals surface area contributed by atoms with Crippen LogP contribution >= 0.6 is 0 Å². The van der Waals surface area contributed by atoms with E-state index in [-0.39, 0.29) is 11.8 Å². The van der Waals surface area contributed by atoms with Crippen molar-refractivity contribution in [2.75, 3.05) is 0 Å². The van der Waals surface area contributed by atoms with Crippen molar-refractivity contribution in [2.24, 2.45) is 17.8 Å². The molecule has 1 aromatic rings. The van der Waals surface area contributed by atoms with Crippen molar-refractivity contribution in [1.29, 1.82) is 0 Å². The van der Waals surface area contributed by atoms with Crippen molar-refractivity contribution in [3.8, 4) is 0 Å². The molecule has 1 aromatic carbocycles. The van der Waals surface area contributed by atoms with Gasteiger partial charge in [-0.3, -0.25) is 4.79 Å². The molecule has 0 bridgehead atoms. The maximum absolute atomic E-state index is 12.8. The van der Waals surface area contributed by atoms with Crippen LogP contribution in [0.1, 0.15) is 30.4 Å². The van der Waals surface area contributed by atoms with E-state index in [0.717, 1.165) is 24.0 Å². The summed E-state index contributed by atoms with van der Waals surface area (Å²) >= 11 is 0. The fourth-order valence-corrected chi connectivity index (χ4v) is 4.35. The fraction of sp³-hybridized carbons (Fsp3) is 0.529. The lowest BCUT2D eigenvalue weighted by atomic mass is 9.93. The molecule has 2 saturated carbocycles. The monoisotopic (exact) mass is 285 g/mol. The predicted octanol–water partition coefficient (Wildman–Crippen LogP) is 2.07. The van der Waals surface area contributed by atoms with Crippen molar-refractivity contribution in [1.82, 2.24) is 4.90 Å². The van der Waals surface area contributed by atoms with Gasteiger partial charge in [0.25, 0.3) is 0 Å². The van der Waals surface area contributed by atoms with Gasteiger partial charge in [-0.1, -0.05) is 30.7 Å². The van der Waals surface area contributed by atoms with Gasteiger partial charge in [0, 0.05) is 18.9 Å². The Hall–Kier alpha value is -1.84. The van der Waals surface area contributed by atoms with Gasteiger partial charge < -0.3 is 10.0 Å². The third kappa shape index (κ3) is 1.96. The molecule has 3 aliphatic rings. The summed E-state index contributed by atoms with van der Waals surface area (Å²) < 4.78 is 0. The molecule has 21 heavy (non-hydrogen) atoms. The highest BCUT2D eigenvalue weighted by Gasteiger charge is 2.58. The number of nitrogens with zero attached hydrogens (tertiary/aromatic N) is 1. The molecular weight excluding hydrogens is 266 g/mol. The smallest absolute Gasteiger partial charge is 0.326 e. The van der Waals surface area contributed by atoms with Crippen LogP contribution in [0.25, 0.3) is 0 Å². The summed E-state index contributed by atoms with van der Waals surface area (Å²) in [6.07, 6.45) is 3.94. The van der Waals surface area contributed by atoms with E-state index < -0.39 is 12.0 Å². The Morgan fingerprint density at radius 3 is 2.43 bits per heavy atom. The quantitative estimate of drug-likeness (QED) is 0.905. The van der Waals surface area contributed by atoms with Crippen LogP contribution in [-0.2, 0) is 22.6 Å². The number of hydrogen-bond donors (Lipinski definition) is 1. The molecule has 1 N–H and O–H groups in total. The summed E-state index contributed by atoms with van der Waals surface area (Å²) in [4.78, 5) is 26.0. The van der Waals surface area contributed by atoms with Crippen LogP contribution < -0.4 is 0 Å². The average Bonchev–Trinajstić information content (AvgIpc) is 2.97. The molecule has 2 fully saturated rings. The first-order chi connectivity index (χ1) is 10.2. The molecule has 110 valence electrons. The summed E-state index contributed by atoms with van der Waals surface area (Å²) in [5.74, 6) is 0.356. The second kappa shape index (κ2) is 4.58. The lowest BCUT2D eigenvalue weighted by Crippen LogP contribution is -2.49. The second-order valence-electron chi connectivity index (χ2n) is 6.58. The van der Waals surface area contributed by atoms with Crippen LogP contribution in [0.4, 0.5) is 0 Å². The molecule has 0 radical (unpaired) electrons. The first-order valence-electron chi connectivity index (χ1n) is 7.77. The third-order valence-corrected chi connectivity index (χ3v) is 5.51. The van der Waals surface area contributed by atoms with Crippen molar-refractivity contribution >= 4 is 11.9 Å². The van der Waals surface area contributed by atoms with Crippen LogP contribution in [0.3, 0.4) is 0 Å². The van der Waals surface area contributed by atoms with Gasteiger partial charge in [-0.2, -0.15) is 0 Å². The molecule has 4 atom stereocenters. The molecule has 0 aromatic heterocycles. The minimum atomic E-state index is -0.885. The molecule has 0 saturated heterocycles. The molecule has 4 rings (SSSR count). The highest BCUT2D eigenvalue weighted by atomic mass is 16.4. The largest absolute Gasteiger partial charge is 0.480 e. The van der Waals surface area contributed by atoms with Crippen molar-refractivity contribution in [3.63, 3.8) is 0 Å². The molecule has 2 aliphatic carbocycles. The number of aliphatic carboxylic acids is 1. The molecular formula is C17H19NO3. The highest BCUT2D eigenvalue weighted by Crippen LogP contribution is 2.58. The van der Waals surface area contributed by atoms with Crippen LogP contribution in [0, 0.1) is 17.8 Å². The molecule has 1 unspecified atom stereocenters. The first-order valence-corrected chi connectivity index (χ1v) is 7.77. The van der Waals surface area contributed by atoms with Crippen LogP contribution in [0.5, 0.6) is 0 Å². The summed E-state index contributed by atoms with van der Waals surface area (Å²) in [6, 6.07) is 7.16. The van der Waals surface area contributed by atoms with E-state index in [1.165, 1.54) is 6.42 Å². The fourth-order valence-electron chi connectivity index (χ4n) is 4.35. The third-order valence-electron chi connectivity index (χ3n) is 5.51. The van der Waals surface area contributed by atoms with Gasteiger partial charge in [-0.05, 0) is 35.8 Å². The number of carbonyl (C=O) groups is 2. The number of carboxylic acid groups (broad SMARTS) is 1. The van der Waals surface area contributed by atoms with E-state index in [0.29, 0.717) is 24.8 Å². The standard InChI is InChI=1S/C17H19NO3/c19-16(15-12-6-3-7-13(12)15)18-9-11-5-2-1-4-10(11)8-14(18)17(20)21/h1-2,4-5,12-15H,3,6-9H2,(H,20,21)/t12-,13+,14-,15?/m0/s1. The van der Waals surface area contributed by atoms with Gasteiger partial charge in [0.2, 0.25) is 5.91 Å². The zero-order chi connectivity index (χ0) is 14.6. The molecule has 4 heteroatoms. The van der Waals surface area contributed by atoms with E-state index in [9.17, 15) is 14.7 Å². The zero-order valence-electron chi connectivity index (χ0n) is 11.9. The topological polar surface area (TPSA) is 57.6 Å². The Bertz CT molecular complexity index is 602. The average molecular weight is 285 g/mol. The minimum absolute atomic E-state index is 0.0756. The Morgan fingerprint density at radius 2 is 1.76 bits per heavy atom. The number of fused-ring (bicyclic) bond motifs is 2. The van der Waals surface area contributed by atoms with Crippen LogP contribution in [-0.4, -0.2) is 27.9 Å². The highest BCUT2D eigenvalue weighted by molar-refractivity contribution is 5.88. The van der Waals surface area contributed by atoms with Crippen molar-refractivity contribution in [3.05, 3.63) is 35.4 Å². The van der Waals surface area contributed by atoms with E-state index in [1.807, 2.05) is 24.3 Å². The van der Waals surface area contributed by atoms with Gasteiger partial charge >= 0.3 is 5.97 Å². The number of hydrogen-bond acceptors (Lipinski definition) is 2. The summed E-state index contributed by atoms with van der Waals surface area (Å²) in [7, 11) is 0. The van der Waals surface area contributed by atoms with E-state index >= 15 is 0 Å². The lowest BCUT2D eigenvalue weighted by molar-refractivity contribution is -0.152. The zero-order valence-corrected chi connectivity index (χ0v) is 11.9. The molecule has 1 amide bonds. The molecule has 0 spiro atoms. The molecule has 4 nitrogen and oxygen atoms in total. The second-order valence-corrected chi connectivity index (χ2v) is 6.58. The van der Waals surface area contributed by atoms with Crippen LogP contribution in [0.15, 0.2) is 24.3 Å². The summed E-state index contributed by atoms with van der Waals surface area (Å²) in [6.45, 7) is 0.446. The Labute approximate surface area is 123 Å². The van der Waals surface area contributed by atoms with Gasteiger partial charge in [0.05, 0.1) is 0 Å². The molecule has 1 heterocycles. The van der Waals surface area contributed by atoms with Gasteiger partial charge in [-0.25, -0.2) is 4.79 Å². The van der Waals surface area contributed by atoms with Crippen molar-refractivity contribution in [2.45, 2.75) is 38.3 Å². The van der Waals surface area contributed by atoms with Gasteiger partial charge in [0.1, 0.15) is 6.04 Å². The normalized spacial score (nSPS) is 33.2. The van der Waals surface area contributed by atoms with E-state index in [4.69, 9.17) is 0 Å². The van der Waals surface area contributed by atoms with Crippen LogP contribution in [0.2, 0.25) is 0 Å². The number of rotatable bonds is 2. The number of amides is 1. The molecule has 1 aliphatic heterocycles. The maximum atomic E-state index is 12.8. The Morgan fingerprint density at radius 1 is 1.10 bits per heavy atom. The SMILES string of the molecule is O=C(O)[C@@H]1Cc2ccccc2CN1C(=O)C1[C@H]2CCC[C@@H]12. The Kier molecular flexibility index (Phi) is 2.81. The maximum Gasteiger partial charge on any atom is 0.326 e. The Balaban J connectivity index is 1.60.